The van der Waals surface area contributed by atoms with Crippen LogP contribution in [0.5, 0.6) is 0 Å². The van der Waals surface area contributed by atoms with Crippen molar-refractivity contribution >= 4 is 54.0 Å². The van der Waals surface area contributed by atoms with Crippen LogP contribution in [-0.2, 0) is 38.2 Å². The number of rotatable bonds is 18. The lowest BCUT2D eigenvalue weighted by Gasteiger charge is -2.24. The van der Waals surface area contributed by atoms with Crippen LogP contribution in [0.4, 0.5) is 0 Å². The van der Waals surface area contributed by atoms with E-state index in [4.69, 9.17) is 8.37 Å². The van der Waals surface area contributed by atoms with Crippen molar-refractivity contribution in [2.45, 2.75) is 74.1 Å². The minimum Gasteiger partial charge on any atom is -0.287 e. The summed E-state index contributed by atoms with van der Waals surface area (Å²) in [6.07, 6.45) is 1.54. The second kappa shape index (κ2) is 15.2. The molecule has 8 nitrogen and oxygen atoms in total. The molecule has 202 valence electrons. The molecule has 0 aromatic heterocycles. The maximum absolute atomic E-state index is 12.2. The Balaban J connectivity index is 4.40. The predicted octanol–water partition coefficient (Wildman–Crippen LogP) is 4.49. The largest absolute Gasteiger partial charge is 0.287 e. The van der Waals surface area contributed by atoms with Crippen LogP contribution in [0.15, 0.2) is 0 Å². The molecule has 0 spiro atoms. The summed E-state index contributed by atoms with van der Waals surface area (Å²) in [6, 6.07) is 0. The molecule has 0 atom stereocenters. The summed E-state index contributed by atoms with van der Waals surface area (Å²) < 4.78 is 59.0. The average Bonchev–Trinajstić information content (AvgIpc) is 2.70. The van der Waals surface area contributed by atoms with Crippen molar-refractivity contribution in [3.63, 3.8) is 0 Å². The molecule has 0 rings (SSSR count). The third-order valence-corrected chi connectivity index (χ3v) is 9.59. The molecule has 0 aliphatic carbocycles. The lowest BCUT2D eigenvalue weighted by molar-refractivity contribution is -0.113. The lowest BCUT2D eigenvalue weighted by atomic mass is 9.92. The van der Waals surface area contributed by atoms with Crippen LogP contribution in [0.2, 0.25) is 0 Å². The van der Waals surface area contributed by atoms with Crippen LogP contribution in [0.1, 0.15) is 74.1 Å². The van der Waals surface area contributed by atoms with Gasteiger partial charge in [-0.25, -0.2) is 0 Å². The first-order chi connectivity index (χ1) is 15.4. The van der Waals surface area contributed by atoms with Gasteiger partial charge in [-0.05, 0) is 30.1 Å². The first kappa shape index (κ1) is 33.9. The van der Waals surface area contributed by atoms with E-state index in [2.05, 4.69) is 0 Å². The van der Waals surface area contributed by atoms with Gasteiger partial charge in [-0.1, -0.05) is 72.0 Å². The van der Waals surface area contributed by atoms with Gasteiger partial charge in [0.15, 0.2) is 10.2 Å². The van der Waals surface area contributed by atoms with Crippen LogP contribution >= 0.6 is 23.5 Å². The van der Waals surface area contributed by atoms with Crippen molar-refractivity contribution in [3.05, 3.63) is 0 Å². The molecule has 0 amide bonds. The van der Waals surface area contributed by atoms with E-state index in [9.17, 15) is 26.4 Å². The van der Waals surface area contributed by atoms with Gasteiger partial charge < -0.3 is 0 Å². The lowest BCUT2D eigenvalue weighted by Crippen LogP contribution is -2.26. The molecule has 0 heterocycles. The van der Waals surface area contributed by atoms with Crippen LogP contribution in [0.25, 0.3) is 0 Å². The standard InChI is InChI=1S/C22H42O8S4/c1-8-19(23)31-12-10-21(4,5)16-29-33(25,26)14-9-15-34(27,28)30-17-22(6,7)11-13-32-20(24)18(2)3/h18H,8-17H2,1-7H3. The first-order valence-electron chi connectivity index (χ1n) is 11.5. The number of hydrogen-bond donors (Lipinski definition) is 0. The molecule has 0 saturated carbocycles. The molecule has 0 aromatic carbocycles. The van der Waals surface area contributed by atoms with Crippen molar-refractivity contribution in [3.8, 4) is 0 Å². The fourth-order valence-electron chi connectivity index (χ4n) is 2.31. The summed E-state index contributed by atoms with van der Waals surface area (Å²) in [6.45, 7) is 12.8. The van der Waals surface area contributed by atoms with E-state index in [1.807, 2.05) is 41.5 Å². The van der Waals surface area contributed by atoms with Gasteiger partial charge in [0, 0.05) is 23.8 Å². The fourth-order valence-corrected chi connectivity index (χ4v) is 7.00. The summed E-state index contributed by atoms with van der Waals surface area (Å²) in [7, 11) is -7.77. The molecule has 34 heavy (non-hydrogen) atoms. The molecule has 0 fully saturated rings. The number of hydrogen-bond acceptors (Lipinski definition) is 10. The van der Waals surface area contributed by atoms with Crippen molar-refractivity contribution in [2.75, 3.05) is 36.2 Å². The molecule has 0 aromatic rings. The van der Waals surface area contributed by atoms with Crippen molar-refractivity contribution in [1.82, 2.24) is 0 Å². The summed E-state index contributed by atoms with van der Waals surface area (Å²) in [5, 5.41) is 0.193. The van der Waals surface area contributed by atoms with Gasteiger partial charge in [-0.2, -0.15) is 16.8 Å². The van der Waals surface area contributed by atoms with Gasteiger partial charge in [-0.15, -0.1) is 0 Å². The smallest absolute Gasteiger partial charge is 0.267 e. The molecule has 0 unspecified atom stereocenters. The number of carbonyl (C=O) groups is 2. The van der Waals surface area contributed by atoms with Gasteiger partial charge >= 0.3 is 0 Å². The molecule has 12 heteroatoms. The molecular formula is C22H42O8S4. The van der Waals surface area contributed by atoms with Crippen molar-refractivity contribution < 1.29 is 34.8 Å². The van der Waals surface area contributed by atoms with E-state index in [-0.39, 0.29) is 35.8 Å². The highest BCUT2D eigenvalue weighted by molar-refractivity contribution is 8.13. The molecule has 0 radical (unpaired) electrons. The summed E-state index contributed by atoms with van der Waals surface area (Å²) in [5.74, 6) is 0.262. The SMILES string of the molecule is CCC(=O)SCCC(C)(C)COS(=O)(=O)CCCS(=O)(=O)OCC(C)(C)CCSC(=O)C(C)C. The Kier molecular flexibility index (Phi) is 15.1. The Labute approximate surface area is 215 Å². The minimum absolute atomic E-state index is 0.0367. The highest BCUT2D eigenvalue weighted by atomic mass is 32.2. The van der Waals surface area contributed by atoms with Crippen molar-refractivity contribution in [1.29, 1.82) is 0 Å². The van der Waals surface area contributed by atoms with Crippen LogP contribution in [0.3, 0.4) is 0 Å². The molecule has 0 saturated heterocycles. The highest BCUT2D eigenvalue weighted by Gasteiger charge is 2.25. The van der Waals surface area contributed by atoms with Gasteiger partial charge in [0.25, 0.3) is 20.2 Å². The summed E-state index contributed by atoms with van der Waals surface area (Å²) in [4.78, 5) is 23.1. The van der Waals surface area contributed by atoms with Gasteiger partial charge in [0.05, 0.1) is 24.7 Å². The van der Waals surface area contributed by atoms with E-state index in [0.29, 0.717) is 30.8 Å². The summed E-state index contributed by atoms with van der Waals surface area (Å²) >= 11 is 2.46. The monoisotopic (exact) mass is 562 g/mol. The van der Waals surface area contributed by atoms with Crippen LogP contribution in [0, 0.1) is 16.7 Å². The van der Waals surface area contributed by atoms with E-state index in [1.54, 1.807) is 6.92 Å². The Bertz CT molecular complexity index is 846. The zero-order chi connectivity index (χ0) is 26.6. The van der Waals surface area contributed by atoms with Crippen LogP contribution < -0.4 is 0 Å². The topological polar surface area (TPSA) is 121 Å². The highest BCUT2D eigenvalue weighted by Crippen LogP contribution is 2.26. The average molecular weight is 563 g/mol. The van der Waals surface area contributed by atoms with Gasteiger partial charge in [-0.3, -0.25) is 18.0 Å². The van der Waals surface area contributed by atoms with Crippen LogP contribution in [-0.4, -0.2) is 63.3 Å². The van der Waals surface area contributed by atoms with Gasteiger partial charge in [0.1, 0.15) is 0 Å². The quantitative estimate of drug-likeness (QED) is 0.221. The second-order valence-electron chi connectivity index (χ2n) is 10.1. The predicted molar refractivity (Wildman–Crippen MR) is 141 cm³/mol. The van der Waals surface area contributed by atoms with E-state index in [1.165, 1.54) is 23.5 Å². The first-order valence-corrected chi connectivity index (χ1v) is 16.6. The Morgan fingerprint density at radius 3 is 1.59 bits per heavy atom. The molecule has 0 aliphatic rings. The van der Waals surface area contributed by atoms with E-state index in [0.717, 1.165) is 0 Å². The van der Waals surface area contributed by atoms with E-state index < -0.39 is 42.6 Å². The van der Waals surface area contributed by atoms with Crippen molar-refractivity contribution in [2.24, 2.45) is 16.7 Å². The fraction of sp³-hybridized carbons (Fsp3) is 0.909. The van der Waals surface area contributed by atoms with E-state index >= 15 is 0 Å². The molecular weight excluding hydrogens is 521 g/mol. The molecule has 0 N–H and O–H groups in total. The maximum atomic E-state index is 12.2. The zero-order valence-corrected chi connectivity index (χ0v) is 24.8. The Hall–Kier alpha value is -0.140. The Morgan fingerprint density at radius 2 is 1.21 bits per heavy atom. The second-order valence-corrected chi connectivity index (χ2v) is 15.9. The third kappa shape index (κ3) is 17.3. The maximum Gasteiger partial charge on any atom is 0.267 e. The zero-order valence-electron chi connectivity index (χ0n) is 21.5. The number of carbonyl (C=O) groups excluding carboxylic acids is 2. The number of thioether (sulfide) groups is 2. The third-order valence-electron chi connectivity index (χ3n) is 4.87. The molecule has 0 bridgehead atoms. The Morgan fingerprint density at radius 1 is 0.794 bits per heavy atom. The molecule has 0 aliphatic heterocycles. The normalized spacial score (nSPS) is 13.4. The van der Waals surface area contributed by atoms with Gasteiger partial charge in [0.2, 0.25) is 0 Å². The minimum atomic E-state index is -3.89. The summed E-state index contributed by atoms with van der Waals surface area (Å²) in [5.41, 5.74) is -0.884.